The number of benzene rings is 2. The number of nitrogens with one attached hydrogen (secondary N) is 1. The fourth-order valence-corrected chi connectivity index (χ4v) is 4.13. The fourth-order valence-electron chi connectivity index (χ4n) is 2.81. The first-order valence-corrected chi connectivity index (χ1v) is 11.7. The van der Waals surface area contributed by atoms with Crippen molar-refractivity contribution in [2.75, 3.05) is 5.75 Å². The minimum absolute atomic E-state index is 0.112. The third kappa shape index (κ3) is 8.11. The van der Waals surface area contributed by atoms with Crippen molar-refractivity contribution < 1.29 is 14.0 Å². The molecule has 1 N–H and O–H groups in total. The van der Waals surface area contributed by atoms with Crippen LogP contribution in [0.25, 0.3) is 0 Å². The largest absolute Gasteiger partial charge is 0.350 e. The van der Waals surface area contributed by atoms with Crippen molar-refractivity contribution in [3.8, 4) is 0 Å². The van der Waals surface area contributed by atoms with Gasteiger partial charge in [0.2, 0.25) is 11.8 Å². The van der Waals surface area contributed by atoms with E-state index >= 15 is 0 Å². The first-order chi connectivity index (χ1) is 14.0. The highest BCUT2D eigenvalue weighted by atomic mass is 79.9. The van der Waals surface area contributed by atoms with Gasteiger partial charge in [0.25, 0.3) is 0 Å². The third-order valence-corrected chi connectivity index (χ3v) is 5.80. The molecule has 2 amide bonds. The molecule has 4 nitrogen and oxygen atoms in total. The summed E-state index contributed by atoms with van der Waals surface area (Å²) in [6.07, 6.45) is 0. The average molecular weight is 495 g/mol. The van der Waals surface area contributed by atoms with Gasteiger partial charge in [-0.1, -0.05) is 40.2 Å². The molecule has 0 bridgehead atoms. The van der Waals surface area contributed by atoms with E-state index in [2.05, 4.69) is 21.2 Å². The van der Waals surface area contributed by atoms with Crippen LogP contribution in [0.5, 0.6) is 0 Å². The van der Waals surface area contributed by atoms with Gasteiger partial charge in [0.1, 0.15) is 11.9 Å². The highest BCUT2D eigenvalue weighted by molar-refractivity contribution is 9.10. The fraction of sp³-hybridized carbons (Fsp3) is 0.391. The van der Waals surface area contributed by atoms with E-state index in [1.165, 1.54) is 23.9 Å². The van der Waals surface area contributed by atoms with E-state index in [4.69, 9.17) is 0 Å². The van der Waals surface area contributed by atoms with Gasteiger partial charge in [-0.05, 0) is 63.1 Å². The van der Waals surface area contributed by atoms with Crippen molar-refractivity contribution in [1.82, 2.24) is 10.2 Å². The topological polar surface area (TPSA) is 49.4 Å². The van der Waals surface area contributed by atoms with Crippen LogP contribution in [0, 0.1) is 5.82 Å². The number of halogens is 2. The predicted molar refractivity (Wildman–Crippen MR) is 125 cm³/mol. The van der Waals surface area contributed by atoms with E-state index in [1.54, 1.807) is 24.0 Å². The molecule has 0 aliphatic rings. The molecule has 2 aromatic carbocycles. The van der Waals surface area contributed by atoms with E-state index in [9.17, 15) is 14.0 Å². The van der Waals surface area contributed by atoms with Crippen molar-refractivity contribution >= 4 is 39.5 Å². The number of carbonyl (C=O) groups excluding carboxylic acids is 2. The van der Waals surface area contributed by atoms with Gasteiger partial charge in [-0.15, -0.1) is 11.8 Å². The van der Waals surface area contributed by atoms with Gasteiger partial charge in [0, 0.05) is 22.3 Å². The van der Waals surface area contributed by atoms with Gasteiger partial charge < -0.3 is 10.2 Å². The predicted octanol–water partition coefficient (Wildman–Crippen LogP) is 5.15. The summed E-state index contributed by atoms with van der Waals surface area (Å²) in [5, 5.41) is 2.95. The molecule has 0 aromatic heterocycles. The summed E-state index contributed by atoms with van der Waals surface area (Å²) in [5.41, 5.74) is 1.51. The highest BCUT2D eigenvalue weighted by Crippen LogP contribution is 2.18. The third-order valence-electron chi connectivity index (χ3n) is 4.31. The Kier molecular flexibility index (Phi) is 8.92. The maximum Gasteiger partial charge on any atom is 0.242 e. The second-order valence-electron chi connectivity index (χ2n) is 8.19. The second kappa shape index (κ2) is 11.0. The lowest BCUT2D eigenvalue weighted by atomic mass is 10.1. The summed E-state index contributed by atoms with van der Waals surface area (Å²) < 4.78 is 14.0. The molecule has 0 radical (unpaired) electrons. The van der Waals surface area contributed by atoms with Crippen molar-refractivity contribution in [3.63, 3.8) is 0 Å². The molecule has 0 spiro atoms. The number of nitrogens with zero attached hydrogens (tertiary/aromatic N) is 1. The summed E-state index contributed by atoms with van der Waals surface area (Å²) in [4.78, 5) is 27.4. The Morgan fingerprint density at radius 3 is 2.40 bits per heavy atom. The minimum Gasteiger partial charge on any atom is -0.350 e. The maximum atomic E-state index is 13.1. The molecule has 2 aromatic rings. The number of hydrogen-bond donors (Lipinski definition) is 1. The van der Waals surface area contributed by atoms with Crippen LogP contribution in [0.2, 0.25) is 0 Å². The van der Waals surface area contributed by atoms with Crippen LogP contribution in [0.15, 0.2) is 53.0 Å². The van der Waals surface area contributed by atoms with Crippen molar-refractivity contribution in [1.29, 1.82) is 0 Å². The van der Waals surface area contributed by atoms with Crippen molar-refractivity contribution in [3.05, 3.63) is 69.9 Å². The number of rotatable bonds is 8. The number of carbonyl (C=O) groups is 2. The zero-order valence-electron chi connectivity index (χ0n) is 17.7. The standard InChI is InChI=1S/C23H28BrFN2O2S/c1-16(22(29)26-23(2,3)4)27(13-18-6-5-7-19(24)12-18)21(28)15-30-14-17-8-10-20(25)11-9-17/h5-12,16H,13-15H2,1-4H3,(H,26,29). The van der Waals surface area contributed by atoms with Gasteiger partial charge in [-0.2, -0.15) is 0 Å². The van der Waals surface area contributed by atoms with Crippen LogP contribution in [-0.4, -0.2) is 34.0 Å². The maximum absolute atomic E-state index is 13.1. The van der Waals surface area contributed by atoms with Crippen LogP contribution in [0.3, 0.4) is 0 Å². The molecule has 30 heavy (non-hydrogen) atoms. The van der Waals surface area contributed by atoms with Gasteiger partial charge in [0.05, 0.1) is 5.75 Å². The molecule has 0 aliphatic heterocycles. The molecule has 0 saturated carbocycles. The Labute approximate surface area is 190 Å². The molecule has 1 atom stereocenters. The Morgan fingerprint density at radius 1 is 1.13 bits per heavy atom. The van der Waals surface area contributed by atoms with E-state index in [-0.39, 0.29) is 28.9 Å². The van der Waals surface area contributed by atoms with Crippen LogP contribution in [0.1, 0.15) is 38.8 Å². The molecule has 162 valence electrons. The molecule has 1 unspecified atom stereocenters. The Hall–Kier alpha value is -1.86. The second-order valence-corrected chi connectivity index (χ2v) is 10.1. The van der Waals surface area contributed by atoms with E-state index in [0.717, 1.165) is 15.6 Å². The normalized spacial score (nSPS) is 12.3. The first-order valence-electron chi connectivity index (χ1n) is 9.73. The molecule has 7 heteroatoms. The SMILES string of the molecule is CC(C(=O)NC(C)(C)C)N(Cc1cccc(Br)c1)C(=O)CSCc1ccc(F)cc1. The highest BCUT2D eigenvalue weighted by Gasteiger charge is 2.28. The minimum atomic E-state index is -0.609. The summed E-state index contributed by atoms with van der Waals surface area (Å²) >= 11 is 4.90. The lowest BCUT2D eigenvalue weighted by Gasteiger charge is -2.31. The monoisotopic (exact) mass is 494 g/mol. The van der Waals surface area contributed by atoms with Gasteiger partial charge in [-0.25, -0.2) is 4.39 Å². The molecular formula is C23H28BrFN2O2S. The van der Waals surface area contributed by atoms with E-state index in [0.29, 0.717) is 12.3 Å². The molecule has 2 rings (SSSR count). The summed E-state index contributed by atoms with van der Waals surface area (Å²) in [6, 6.07) is 13.4. The van der Waals surface area contributed by atoms with Crippen LogP contribution in [-0.2, 0) is 21.9 Å². The first kappa shape index (κ1) is 24.4. The van der Waals surface area contributed by atoms with Gasteiger partial charge in [0.15, 0.2) is 0 Å². The number of hydrogen-bond acceptors (Lipinski definition) is 3. The molecule has 0 heterocycles. The zero-order valence-corrected chi connectivity index (χ0v) is 20.1. The number of thioether (sulfide) groups is 1. The van der Waals surface area contributed by atoms with Crippen LogP contribution >= 0.6 is 27.7 Å². The van der Waals surface area contributed by atoms with Crippen LogP contribution in [0.4, 0.5) is 4.39 Å². The lowest BCUT2D eigenvalue weighted by Crippen LogP contribution is -2.52. The summed E-state index contributed by atoms with van der Waals surface area (Å²) in [5.74, 6) is 0.254. The Bertz CT molecular complexity index is 868. The Morgan fingerprint density at radius 2 is 1.80 bits per heavy atom. The van der Waals surface area contributed by atoms with E-state index in [1.807, 2.05) is 45.0 Å². The number of amides is 2. The van der Waals surface area contributed by atoms with Crippen molar-refractivity contribution in [2.24, 2.45) is 0 Å². The van der Waals surface area contributed by atoms with E-state index < -0.39 is 6.04 Å². The molecular weight excluding hydrogens is 467 g/mol. The zero-order chi connectivity index (χ0) is 22.3. The average Bonchev–Trinajstić information content (AvgIpc) is 2.65. The smallest absolute Gasteiger partial charge is 0.242 e. The molecule has 0 saturated heterocycles. The molecule has 0 fully saturated rings. The summed E-state index contributed by atoms with van der Waals surface area (Å²) in [6.45, 7) is 7.83. The molecule has 0 aliphatic carbocycles. The van der Waals surface area contributed by atoms with Gasteiger partial charge in [-0.3, -0.25) is 9.59 Å². The lowest BCUT2D eigenvalue weighted by molar-refractivity contribution is -0.139. The van der Waals surface area contributed by atoms with Crippen molar-refractivity contribution in [2.45, 2.75) is 51.6 Å². The van der Waals surface area contributed by atoms with Gasteiger partial charge >= 0.3 is 0 Å². The van der Waals surface area contributed by atoms with Crippen LogP contribution < -0.4 is 5.32 Å². The Balaban J connectivity index is 2.09. The quantitative estimate of drug-likeness (QED) is 0.551. The summed E-state index contributed by atoms with van der Waals surface area (Å²) in [7, 11) is 0.